The number of piperazine rings is 1. The number of piperidine rings is 1. The van der Waals surface area contributed by atoms with E-state index in [1.165, 1.54) is 11.0 Å². The Balaban J connectivity index is 0.00000210. The summed E-state index contributed by atoms with van der Waals surface area (Å²) in [5.41, 5.74) is -0.325. The molecule has 1 aromatic carbocycles. The first-order valence-electron chi connectivity index (χ1n) is 9.25. The molecule has 3 fully saturated rings. The van der Waals surface area contributed by atoms with Crippen LogP contribution in [0.2, 0.25) is 0 Å². The largest absolute Gasteiger partial charge is 0.339 e. The molecule has 5 nitrogen and oxygen atoms in total. The summed E-state index contributed by atoms with van der Waals surface area (Å²) in [6.07, 6.45) is 3.07. The van der Waals surface area contributed by atoms with Crippen LogP contribution < -0.4 is 5.32 Å². The van der Waals surface area contributed by atoms with Gasteiger partial charge in [-0.2, -0.15) is 0 Å². The fraction of sp³-hybridized carbons (Fsp3) is 0.579. The Kier molecular flexibility index (Phi) is 5.72. The number of carbonyl (C=O) groups excluding carboxylic acids is 2. The van der Waals surface area contributed by atoms with E-state index in [1.54, 1.807) is 0 Å². The molecule has 4 rings (SSSR count). The van der Waals surface area contributed by atoms with Gasteiger partial charge in [-0.3, -0.25) is 9.59 Å². The third-order valence-electron chi connectivity index (χ3n) is 6.14. The van der Waals surface area contributed by atoms with Crippen molar-refractivity contribution in [1.29, 1.82) is 0 Å². The van der Waals surface area contributed by atoms with Crippen molar-refractivity contribution in [2.75, 3.05) is 39.3 Å². The zero-order chi connectivity index (χ0) is 18.3. The number of nitrogens with one attached hydrogen (secondary N) is 1. The van der Waals surface area contributed by atoms with Crippen molar-refractivity contribution in [3.05, 3.63) is 35.4 Å². The van der Waals surface area contributed by atoms with Crippen molar-refractivity contribution in [2.24, 2.45) is 11.3 Å². The lowest BCUT2D eigenvalue weighted by Gasteiger charge is -2.35. The maximum absolute atomic E-state index is 13.8. The summed E-state index contributed by atoms with van der Waals surface area (Å²) in [6.45, 7) is 3.40. The number of hydrogen-bond donors (Lipinski definition) is 1. The molecule has 3 aliphatic rings. The maximum atomic E-state index is 13.8. The van der Waals surface area contributed by atoms with E-state index in [0.717, 1.165) is 44.5 Å². The van der Waals surface area contributed by atoms with Crippen LogP contribution in [0.1, 0.15) is 29.6 Å². The van der Waals surface area contributed by atoms with Gasteiger partial charge < -0.3 is 15.1 Å². The molecule has 1 unspecified atom stereocenters. The fourth-order valence-corrected chi connectivity index (χ4v) is 4.38. The Bertz CT molecular complexity index is 711. The number of benzene rings is 1. The van der Waals surface area contributed by atoms with Crippen LogP contribution in [0.5, 0.6) is 0 Å². The number of hydrogen-bond acceptors (Lipinski definition) is 3. The Hall–Kier alpha value is -1.73. The second kappa shape index (κ2) is 7.72. The van der Waals surface area contributed by atoms with Crippen molar-refractivity contribution in [3.8, 4) is 0 Å². The van der Waals surface area contributed by atoms with E-state index in [0.29, 0.717) is 26.2 Å². The van der Waals surface area contributed by atoms with Gasteiger partial charge in [0.05, 0.1) is 0 Å². The van der Waals surface area contributed by atoms with Crippen molar-refractivity contribution < 1.29 is 18.4 Å². The number of nitrogens with zero attached hydrogens (tertiary/aromatic N) is 2. The van der Waals surface area contributed by atoms with Gasteiger partial charge in [0, 0.05) is 32.1 Å². The first kappa shape index (κ1) is 20.0. The van der Waals surface area contributed by atoms with E-state index in [9.17, 15) is 18.4 Å². The van der Waals surface area contributed by atoms with Crippen LogP contribution in [0.15, 0.2) is 18.2 Å². The molecule has 1 saturated carbocycles. The molecule has 2 heterocycles. The lowest BCUT2D eigenvalue weighted by Crippen LogP contribution is -2.51. The third kappa shape index (κ3) is 3.67. The van der Waals surface area contributed by atoms with Crippen molar-refractivity contribution >= 4 is 24.2 Å². The first-order valence-corrected chi connectivity index (χ1v) is 9.25. The minimum absolute atomic E-state index is 0. The van der Waals surface area contributed by atoms with Crippen LogP contribution in [0.4, 0.5) is 8.78 Å². The zero-order valence-electron chi connectivity index (χ0n) is 15.0. The molecule has 0 bridgehead atoms. The molecule has 0 aromatic heterocycles. The highest BCUT2D eigenvalue weighted by molar-refractivity contribution is 5.95. The van der Waals surface area contributed by atoms with Crippen LogP contribution in [0.25, 0.3) is 0 Å². The quantitative estimate of drug-likeness (QED) is 0.828. The van der Waals surface area contributed by atoms with Gasteiger partial charge in [0.15, 0.2) is 0 Å². The van der Waals surface area contributed by atoms with E-state index in [2.05, 4.69) is 5.32 Å². The van der Waals surface area contributed by atoms with Gasteiger partial charge in [0.2, 0.25) is 5.91 Å². The van der Waals surface area contributed by atoms with E-state index in [-0.39, 0.29) is 29.6 Å². The summed E-state index contributed by atoms with van der Waals surface area (Å²) >= 11 is 0. The molecular formula is C19H24ClF2N3O2. The molecule has 148 valence electrons. The molecule has 8 heteroatoms. The van der Waals surface area contributed by atoms with Crippen LogP contribution in [0, 0.1) is 23.0 Å². The van der Waals surface area contributed by atoms with Crippen molar-refractivity contribution in [2.45, 2.75) is 19.3 Å². The Labute approximate surface area is 163 Å². The van der Waals surface area contributed by atoms with Gasteiger partial charge >= 0.3 is 0 Å². The highest BCUT2D eigenvalue weighted by Gasteiger charge is 2.58. The maximum Gasteiger partial charge on any atom is 0.259 e. The summed E-state index contributed by atoms with van der Waals surface area (Å²) in [5.74, 6) is -2.06. The number of carbonyl (C=O) groups is 2. The molecule has 27 heavy (non-hydrogen) atoms. The molecular weight excluding hydrogens is 376 g/mol. The average molecular weight is 400 g/mol. The topological polar surface area (TPSA) is 52.7 Å². The molecule has 2 aliphatic heterocycles. The van der Waals surface area contributed by atoms with Crippen LogP contribution in [-0.4, -0.2) is 60.9 Å². The summed E-state index contributed by atoms with van der Waals surface area (Å²) in [4.78, 5) is 28.4. The summed E-state index contributed by atoms with van der Waals surface area (Å²) in [7, 11) is 0. The van der Waals surface area contributed by atoms with E-state index in [4.69, 9.17) is 0 Å². The Morgan fingerprint density at radius 1 is 1.00 bits per heavy atom. The normalized spacial score (nSPS) is 23.7. The van der Waals surface area contributed by atoms with Gasteiger partial charge in [-0.15, -0.1) is 12.4 Å². The van der Waals surface area contributed by atoms with Crippen LogP contribution in [-0.2, 0) is 4.79 Å². The van der Waals surface area contributed by atoms with E-state index < -0.39 is 23.1 Å². The monoisotopic (exact) mass is 399 g/mol. The predicted molar refractivity (Wildman–Crippen MR) is 98.7 cm³/mol. The molecule has 1 N–H and O–H groups in total. The third-order valence-corrected chi connectivity index (χ3v) is 6.14. The number of halogens is 3. The van der Waals surface area contributed by atoms with E-state index in [1.807, 2.05) is 4.90 Å². The van der Waals surface area contributed by atoms with Crippen LogP contribution in [0.3, 0.4) is 0 Å². The fourth-order valence-electron chi connectivity index (χ4n) is 4.38. The second-order valence-electron chi connectivity index (χ2n) is 7.58. The number of rotatable bonds is 2. The van der Waals surface area contributed by atoms with Gasteiger partial charge in [-0.05, 0) is 49.9 Å². The van der Waals surface area contributed by atoms with Gasteiger partial charge in [-0.1, -0.05) is 6.07 Å². The van der Waals surface area contributed by atoms with Gasteiger partial charge in [-0.25, -0.2) is 8.78 Å². The first-order chi connectivity index (χ1) is 12.5. The second-order valence-corrected chi connectivity index (χ2v) is 7.58. The SMILES string of the molecule is Cl.O=C(c1c(F)cccc1F)N1CCN(C(=O)C2CC23CCNCC3)CC1. The molecule has 2 saturated heterocycles. The van der Waals surface area contributed by atoms with E-state index >= 15 is 0 Å². The number of amides is 2. The van der Waals surface area contributed by atoms with Gasteiger partial charge in [0.1, 0.15) is 17.2 Å². The molecule has 2 amide bonds. The predicted octanol–water partition coefficient (Wildman–Crippen LogP) is 2.06. The zero-order valence-corrected chi connectivity index (χ0v) is 15.9. The summed E-state index contributed by atoms with van der Waals surface area (Å²) in [5, 5.41) is 3.33. The highest BCUT2D eigenvalue weighted by Crippen LogP contribution is 2.59. The van der Waals surface area contributed by atoms with Crippen LogP contribution >= 0.6 is 12.4 Å². The summed E-state index contributed by atoms with van der Waals surface area (Å²) in [6, 6.07) is 3.41. The standard InChI is InChI=1S/C19H23F2N3O2.ClH/c20-14-2-1-3-15(21)16(14)18(26)24-10-8-23(9-11-24)17(25)13-12-19(13)4-6-22-7-5-19;/h1-3,13,22H,4-12H2;1H. The van der Waals surface area contributed by atoms with Crippen molar-refractivity contribution in [3.63, 3.8) is 0 Å². The molecule has 1 spiro atoms. The molecule has 1 aliphatic carbocycles. The average Bonchev–Trinajstić information content (AvgIpc) is 3.34. The highest BCUT2D eigenvalue weighted by atomic mass is 35.5. The molecule has 1 atom stereocenters. The minimum atomic E-state index is -0.848. The van der Waals surface area contributed by atoms with Gasteiger partial charge in [0.25, 0.3) is 5.91 Å². The smallest absolute Gasteiger partial charge is 0.259 e. The summed E-state index contributed by atoms with van der Waals surface area (Å²) < 4.78 is 27.6. The molecule has 1 aromatic rings. The lowest BCUT2D eigenvalue weighted by molar-refractivity contribution is -0.135. The Morgan fingerprint density at radius 3 is 2.15 bits per heavy atom. The molecule has 0 radical (unpaired) electrons. The van der Waals surface area contributed by atoms with Crippen molar-refractivity contribution in [1.82, 2.24) is 15.1 Å². The Morgan fingerprint density at radius 2 is 1.56 bits per heavy atom. The lowest BCUT2D eigenvalue weighted by atomic mass is 9.91. The minimum Gasteiger partial charge on any atom is -0.339 e.